The number of carbonyl (C=O) groups excluding carboxylic acids is 1. The molecule has 1 fully saturated rings. The van der Waals surface area contributed by atoms with Gasteiger partial charge >= 0.3 is 0 Å². The number of halogens is 1. The van der Waals surface area contributed by atoms with Crippen molar-refractivity contribution in [2.75, 3.05) is 7.11 Å². The second kappa shape index (κ2) is 5.96. The Morgan fingerprint density at radius 3 is 2.74 bits per heavy atom. The number of hydrogen-bond donors (Lipinski definition) is 2. The van der Waals surface area contributed by atoms with Crippen molar-refractivity contribution in [1.29, 1.82) is 0 Å². The normalized spacial score (nSPS) is 18.1. The molecule has 0 saturated carbocycles. The molecular formula is C16H22FN3O2Si. The molecule has 124 valence electrons. The Kier molecular flexibility index (Phi) is 4.14. The summed E-state index contributed by atoms with van der Waals surface area (Å²) in [6.07, 6.45) is 2.07. The summed E-state index contributed by atoms with van der Waals surface area (Å²) in [7, 11) is 0.389. The standard InChI is InChI=1S/C16H22FN3O2Si/c1-22-14-9-12(17)11-8-13(19-15(11)20-14)16(21)18-10-4-6-23(2,3)7-5-10/h8-10H,4-7H2,1-3H3,(H,18,21)(H,19,20). The first-order valence-electron chi connectivity index (χ1n) is 7.92. The molecule has 1 aliphatic rings. The maximum absolute atomic E-state index is 14.0. The minimum absolute atomic E-state index is 0.184. The van der Waals surface area contributed by atoms with Gasteiger partial charge in [-0.05, 0) is 18.9 Å². The number of methoxy groups -OCH3 is 1. The van der Waals surface area contributed by atoms with Crippen LogP contribution in [-0.4, -0.2) is 37.1 Å². The molecule has 7 heteroatoms. The topological polar surface area (TPSA) is 67.0 Å². The number of hydrogen-bond acceptors (Lipinski definition) is 3. The summed E-state index contributed by atoms with van der Waals surface area (Å²) >= 11 is 0. The maximum Gasteiger partial charge on any atom is 0.267 e. The fourth-order valence-corrected chi connectivity index (χ4v) is 5.59. The van der Waals surface area contributed by atoms with Gasteiger partial charge in [0.15, 0.2) is 0 Å². The number of amides is 1. The van der Waals surface area contributed by atoms with Gasteiger partial charge in [-0.25, -0.2) is 4.39 Å². The van der Waals surface area contributed by atoms with Crippen LogP contribution in [0.4, 0.5) is 4.39 Å². The van der Waals surface area contributed by atoms with E-state index in [9.17, 15) is 9.18 Å². The van der Waals surface area contributed by atoms with Gasteiger partial charge in [-0.1, -0.05) is 25.2 Å². The third-order valence-electron chi connectivity index (χ3n) is 4.65. The average Bonchev–Trinajstić information content (AvgIpc) is 2.94. The van der Waals surface area contributed by atoms with Crippen LogP contribution in [0.25, 0.3) is 11.0 Å². The van der Waals surface area contributed by atoms with Crippen LogP contribution in [0, 0.1) is 5.82 Å². The predicted molar refractivity (Wildman–Crippen MR) is 90.2 cm³/mol. The highest BCUT2D eigenvalue weighted by Crippen LogP contribution is 2.28. The van der Waals surface area contributed by atoms with E-state index in [-0.39, 0.29) is 17.8 Å². The van der Waals surface area contributed by atoms with Gasteiger partial charge in [0, 0.05) is 20.2 Å². The van der Waals surface area contributed by atoms with Crippen molar-refractivity contribution in [2.45, 2.75) is 44.1 Å². The number of ether oxygens (including phenoxy) is 1. The van der Waals surface area contributed by atoms with E-state index in [1.807, 2.05) is 0 Å². The molecule has 2 aromatic heterocycles. The van der Waals surface area contributed by atoms with Crippen molar-refractivity contribution in [3.63, 3.8) is 0 Å². The lowest BCUT2D eigenvalue weighted by Gasteiger charge is -2.33. The number of nitrogens with zero attached hydrogens (tertiary/aromatic N) is 1. The number of rotatable bonds is 3. The van der Waals surface area contributed by atoms with Crippen molar-refractivity contribution in [1.82, 2.24) is 15.3 Å². The molecule has 2 N–H and O–H groups in total. The van der Waals surface area contributed by atoms with Crippen LogP contribution in [0.3, 0.4) is 0 Å². The second-order valence-electron chi connectivity index (χ2n) is 7.00. The Morgan fingerprint density at radius 2 is 2.09 bits per heavy atom. The zero-order valence-electron chi connectivity index (χ0n) is 13.7. The highest BCUT2D eigenvalue weighted by Gasteiger charge is 2.29. The van der Waals surface area contributed by atoms with Crippen LogP contribution in [-0.2, 0) is 0 Å². The van der Waals surface area contributed by atoms with Crippen LogP contribution < -0.4 is 10.1 Å². The monoisotopic (exact) mass is 335 g/mol. The summed E-state index contributed by atoms with van der Waals surface area (Å²) in [4.78, 5) is 19.4. The Balaban J connectivity index is 1.75. The zero-order valence-corrected chi connectivity index (χ0v) is 14.7. The minimum Gasteiger partial charge on any atom is -0.481 e. The molecule has 3 rings (SSSR count). The van der Waals surface area contributed by atoms with Crippen LogP contribution in [0.2, 0.25) is 25.2 Å². The first-order chi connectivity index (χ1) is 10.9. The molecule has 3 heterocycles. The quantitative estimate of drug-likeness (QED) is 0.846. The Labute approximate surface area is 135 Å². The fourth-order valence-electron chi connectivity index (χ4n) is 3.08. The zero-order chi connectivity index (χ0) is 16.6. The SMILES string of the molecule is COc1cc(F)c2cc(C(=O)NC3CC[Si](C)(C)CC3)[nH]c2n1. The molecule has 1 amide bonds. The number of aromatic nitrogens is 2. The van der Waals surface area contributed by atoms with Gasteiger partial charge in [-0.2, -0.15) is 4.98 Å². The number of pyridine rings is 1. The van der Waals surface area contributed by atoms with E-state index < -0.39 is 13.9 Å². The van der Waals surface area contributed by atoms with E-state index in [0.717, 1.165) is 12.8 Å². The molecule has 23 heavy (non-hydrogen) atoms. The van der Waals surface area contributed by atoms with E-state index in [4.69, 9.17) is 4.74 Å². The molecule has 0 aliphatic carbocycles. The molecule has 5 nitrogen and oxygen atoms in total. The third-order valence-corrected chi connectivity index (χ3v) is 7.94. The van der Waals surface area contributed by atoms with E-state index in [1.165, 1.54) is 31.3 Å². The lowest BCUT2D eigenvalue weighted by atomic mass is 10.1. The van der Waals surface area contributed by atoms with Crippen LogP contribution >= 0.6 is 0 Å². The summed E-state index contributed by atoms with van der Waals surface area (Å²) in [6, 6.07) is 5.40. The molecule has 0 unspecified atom stereocenters. The smallest absolute Gasteiger partial charge is 0.267 e. The van der Waals surface area contributed by atoms with Crippen LogP contribution in [0.15, 0.2) is 12.1 Å². The highest BCUT2D eigenvalue weighted by atomic mass is 28.3. The van der Waals surface area contributed by atoms with Crippen LogP contribution in [0.1, 0.15) is 23.3 Å². The Morgan fingerprint density at radius 1 is 1.39 bits per heavy atom. The van der Waals surface area contributed by atoms with E-state index in [2.05, 4.69) is 28.4 Å². The van der Waals surface area contributed by atoms with Crippen LogP contribution in [0.5, 0.6) is 5.88 Å². The molecule has 1 saturated heterocycles. The van der Waals surface area contributed by atoms with E-state index in [1.54, 1.807) is 0 Å². The maximum atomic E-state index is 14.0. The van der Waals surface area contributed by atoms with Crippen molar-refractivity contribution in [3.05, 3.63) is 23.6 Å². The molecule has 2 aromatic rings. The summed E-state index contributed by atoms with van der Waals surface area (Å²) in [5.74, 6) is -0.469. The summed E-state index contributed by atoms with van der Waals surface area (Å²) < 4.78 is 18.9. The Hall–Kier alpha value is -1.89. The van der Waals surface area contributed by atoms with Crippen molar-refractivity contribution >= 4 is 25.0 Å². The first-order valence-corrected chi connectivity index (χ1v) is 11.3. The van der Waals surface area contributed by atoms with Gasteiger partial charge in [0.05, 0.1) is 12.5 Å². The average molecular weight is 335 g/mol. The molecule has 1 aliphatic heterocycles. The fraction of sp³-hybridized carbons (Fsp3) is 0.500. The molecule has 0 radical (unpaired) electrons. The second-order valence-corrected chi connectivity index (χ2v) is 12.3. The number of H-pyrrole nitrogens is 1. The van der Waals surface area contributed by atoms with E-state index in [0.29, 0.717) is 16.7 Å². The van der Waals surface area contributed by atoms with Gasteiger partial charge < -0.3 is 15.0 Å². The molecule has 0 bridgehead atoms. The van der Waals surface area contributed by atoms with Gasteiger partial charge in [0.25, 0.3) is 5.91 Å². The van der Waals surface area contributed by atoms with Crippen molar-refractivity contribution < 1.29 is 13.9 Å². The summed E-state index contributed by atoms with van der Waals surface area (Å²) in [5, 5.41) is 3.35. The van der Waals surface area contributed by atoms with Gasteiger partial charge in [-0.3, -0.25) is 4.79 Å². The number of carbonyl (C=O) groups is 1. The van der Waals surface area contributed by atoms with Gasteiger partial charge in [0.1, 0.15) is 17.2 Å². The summed E-state index contributed by atoms with van der Waals surface area (Å²) in [5.41, 5.74) is 0.658. The predicted octanol–water partition coefficient (Wildman–Crippen LogP) is 3.31. The number of nitrogens with one attached hydrogen (secondary N) is 2. The molecule has 0 atom stereocenters. The van der Waals surface area contributed by atoms with Crippen molar-refractivity contribution in [2.24, 2.45) is 0 Å². The lowest BCUT2D eigenvalue weighted by molar-refractivity contribution is 0.0929. The third kappa shape index (κ3) is 3.39. The first kappa shape index (κ1) is 16.0. The number of fused-ring (bicyclic) bond motifs is 1. The molecule has 0 aromatic carbocycles. The highest BCUT2D eigenvalue weighted by molar-refractivity contribution is 6.77. The molecule has 0 spiro atoms. The largest absolute Gasteiger partial charge is 0.481 e. The van der Waals surface area contributed by atoms with Gasteiger partial charge in [-0.15, -0.1) is 0 Å². The number of aromatic amines is 1. The lowest BCUT2D eigenvalue weighted by Crippen LogP contribution is -2.42. The van der Waals surface area contributed by atoms with Gasteiger partial charge in [0.2, 0.25) is 5.88 Å². The van der Waals surface area contributed by atoms with E-state index >= 15 is 0 Å². The Bertz CT molecular complexity index is 734. The minimum atomic E-state index is -1.04. The molecular weight excluding hydrogens is 313 g/mol. The summed E-state index contributed by atoms with van der Waals surface area (Å²) in [6.45, 7) is 4.79. The van der Waals surface area contributed by atoms with Crippen molar-refractivity contribution in [3.8, 4) is 5.88 Å².